The van der Waals surface area contributed by atoms with Crippen LogP contribution in [0.4, 0.5) is 5.69 Å². The van der Waals surface area contributed by atoms with Gasteiger partial charge in [0.25, 0.3) is 5.91 Å². The van der Waals surface area contributed by atoms with E-state index in [0.29, 0.717) is 22.7 Å². The van der Waals surface area contributed by atoms with Crippen molar-refractivity contribution in [3.63, 3.8) is 0 Å². The van der Waals surface area contributed by atoms with E-state index in [9.17, 15) is 4.79 Å². The molecule has 0 heterocycles. The van der Waals surface area contributed by atoms with Gasteiger partial charge in [0.05, 0.1) is 10.2 Å². The van der Waals surface area contributed by atoms with Crippen LogP contribution in [0.5, 0.6) is 11.5 Å². The van der Waals surface area contributed by atoms with Gasteiger partial charge in [-0.1, -0.05) is 15.9 Å². The topological polar surface area (TPSA) is 55.6 Å². The number of nitrogens with two attached hydrogens (primary N) is 1. The van der Waals surface area contributed by atoms with Crippen molar-refractivity contribution in [1.82, 2.24) is 4.90 Å². The molecule has 0 saturated carbocycles. The molecular weight excluding hydrogens is 400 g/mol. The number of nitrogen functional groups attached to an aromatic ring is 1. The maximum absolute atomic E-state index is 12.0. The van der Waals surface area contributed by atoms with E-state index < -0.39 is 0 Å². The molecule has 0 aliphatic heterocycles. The second-order valence-electron chi connectivity index (χ2n) is 4.63. The zero-order valence-corrected chi connectivity index (χ0v) is 14.7. The molecule has 0 radical (unpaired) electrons. The molecule has 0 bridgehead atoms. The lowest BCUT2D eigenvalue weighted by Crippen LogP contribution is -2.21. The van der Waals surface area contributed by atoms with Gasteiger partial charge < -0.3 is 15.4 Å². The van der Waals surface area contributed by atoms with Crippen molar-refractivity contribution in [2.24, 2.45) is 0 Å². The second-order valence-corrected chi connectivity index (χ2v) is 6.40. The standard InChI is InChI=1S/C15H14Br2N2O2/c1-19(2)15(20)9-3-5-12(18)14(7-9)21-13-6-4-10(16)8-11(13)17/h3-8H,18H2,1-2H3. The highest BCUT2D eigenvalue weighted by Gasteiger charge is 2.12. The van der Waals surface area contributed by atoms with Gasteiger partial charge in [0, 0.05) is 24.1 Å². The summed E-state index contributed by atoms with van der Waals surface area (Å²) in [5.41, 5.74) is 6.92. The largest absolute Gasteiger partial charge is 0.454 e. The van der Waals surface area contributed by atoms with Gasteiger partial charge in [-0.3, -0.25) is 4.79 Å². The summed E-state index contributed by atoms with van der Waals surface area (Å²) in [5, 5.41) is 0. The number of anilines is 1. The number of amides is 1. The SMILES string of the molecule is CN(C)C(=O)c1ccc(N)c(Oc2ccc(Br)cc2Br)c1. The molecule has 0 saturated heterocycles. The van der Waals surface area contributed by atoms with E-state index in [0.717, 1.165) is 8.95 Å². The molecule has 4 nitrogen and oxygen atoms in total. The predicted molar refractivity (Wildman–Crippen MR) is 90.8 cm³/mol. The maximum Gasteiger partial charge on any atom is 0.253 e. The highest BCUT2D eigenvalue weighted by Crippen LogP contribution is 2.34. The van der Waals surface area contributed by atoms with Gasteiger partial charge >= 0.3 is 0 Å². The lowest BCUT2D eigenvalue weighted by Gasteiger charge is -2.14. The van der Waals surface area contributed by atoms with Gasteiger partial charge in [-0.05, 0) is 52.3 Å². The fourth-order valence-electron chi connectivity index (χ4n) is 1.69. The van der Waals surface area contributed by atoms with Crippen LogP contribution in [0.25, 0.3) is 0 Å². The lowest BCUT2D eigenvalue weighted by molar-refractivity contribution is 0.0827. The zero-order valence-electron chi connectivity index (χ0n) is 11.6. The number of hydrogen-bond acceptors (Lipinski definition) is 3. The van der Waals surface area contributed by atoms with Gasteiger partial charge in [-0.25, -0.2) is 0 Å². The third-order valence-electron chi connectivity index (χ3n) is 2.78. The van der Waals surface area contributed by atoms with Gasteiger partial charge in [0.15, 0.2) is 5.75 Å². The van der Waals surface area contributed by atoms with Crippen LogP contribution >= 0.6 is 31.9 Å². The van der Waals surface area contributed by atoms with Crippen LogP contribution in [0, 0.1) is 0 Å². The van der Waals surface area contributed by atoms with E-state index in [2.05, 4.69) is 31.9 Å². The van der Waals surface area contributed by atoms with Gasteiger partial charge in [-0.15, -0.1) is 0 Å². The molecule has 1 amide bonds. The highest BCUT2D eigenvalue weighted by molar-refractivity contribution is 9.11. The Bertz CT molecular complexity index is 687. The van der Waals surface area contributed by atoms with E-state index in [1.807, 2.05) is 18.2 Å². The van der Waals surface area contributed by atoms with Crippen LogP contribution in [-0.4, -0.2) is 24.9 Å². The van der Waals surface area contributed by atoms with Crippen molar-refractivity contribution in [2.75, 3.05) is 19.8 Å². The molecule has 0 fully saturated rings. The first-order valence-electron chi connectivity index (χ1n) is 6.12. The number of carbonyl (C=O) groups is 1. The Morgan fingerprint density at radius 3 is 2.43 bits per heavy atom. The molecule has 0 unspecified atom stereocenters. The summed E-state index contributed by atoms with van der Waals surface area (Å²) in [7, 11) is 3.40. The molecule has 0 aromatic heterocycles. The number of rotatable bonds is 3. The maximum atomic E-state index is 12.0. The van der Waals surface area contributed by atoms with Crippen molar-refractivity contribution in [3.05, 3.63) is 50.9 Å². The Hall–Kier alpha value is -1.53. The fraction of sp³-hybridized carbons (Fsp3) is 0.133. The van der Waals surface area contributed by atoms with Crippen LogP contribution in [0.1, 0.15) is 10.4 Å². The van der Waals surface area contributed by atoms with Crippen molar-refractivity contribution in [2.45, 2.75) is 0 Å². The number of nitrogens with zero attached hydrogens (tertiary/aromatic N) is 1. The van der Waals surface area contributed by atoms with E-state index in [4.69, 9.17) is 10.5 Å². The van der Waals surface area contributed by atoms with Gasteiger partial charge in [0.2, 0.25) is 0 Å². The Kier molecular flexibility index (Phi) is 4.90. The monoisotopic (exact) mass is 412 g/mol. The molecule has 21 heavy (non-hydrogen) atoms. The van der Waals surface area contributed by atoms with Crippen LogP contribution < -0.4 is 10.5 Å². The second kappa shape index (κ2) is 6.49. The Morgan fingerprint density at radius 2 is 1.81 bits per heavy atom. The number of hydrogen-bond donors (Lipinski definition) is 1. The average molecular weight is 414 g/mol. The molecule has 0 spiro atoms. The summed E-state index contributed by atoms with van der Waals surface area (Å²) in [4.78, 5) is 13.5. The molecule has 2 N–H and O–H groups in total. The number of benzene rings is 2. The average Bonchev–Trinajstić information content (AvgIpc) is 2.43. The number of carbonyl (C=O) groups excluding carboxylic acids is 1. The third-order valence-corrected chi connectivity index (χ3v) is 3.89. The summed E-state index contributed by atoms with van der Waals surface area (Å²) in [6, 6.07) is 10.5. The number of halogens is 2. The van der Waals surface area contributed by atoms with E-state index in [-0.39, 0.29) is 5.91 Å². The van der Waals surface area contributed by atoms with Crippen LogP contribution in [0.2, 0.25) is 0 Å². The van der Waals surface area contributed by atoms with E-state index >= 15 is 0 Å². The van der Waals surface area contributed by atoms with E-state index in [1.165, 1.54) is 4.90 Å². The molecular formula is C15H14Br2N2O2. The van der Waals surface area contributed by atoms with Gasteiger partial charge in [-0.2, -0.15) is 0 Å². The molecule has 0 aliphatic carbocycles. The molecule has 0 atom stereocenters. The van der Waals surface area contributed by atoms with Crippen LogP contribution in [0.3, 0.4) is 0 Å². The summed E-state index contributed by atoms with van der Waals surface area (Å²) in [6.45, 7) is 0. The molecule has 2 aromatic rings. The smallest absolute Gasteiger partial charge is 0.253 e. The Balaban J connectivity index is 2.35. The number of ether oxygens (including phenoxy) is 1. The highest BCUT2D eigenvalue weighted by atomic mass is 79.9. The third kappa shape index (κ3) is 3.77. The lowest BCUT2D eigenvalue weighted by atomic mass is 10.1. The summed E-state index contributed by atoms with van der Waals surface area (Å²) in [6.07, 6.45) is 0. The summed E-state index contributed by atoms with van der Waals surface area (Å²) < 4.78 is 7.53. The summed E-state index contributed by atoms with van der Waals surface area (Å²) >= 11 is 6.81. The summed E-state index contributed by atoms with van der Waals surface area (Å²) in [5.74, 6) is 0.972. The van der Waals surface area contributed by atoms with Crippen molar-refractivity contribution in [3.8, 4) is 11.5 Å². The van der Waals surface area contributed by atoms with Crippen molar-refractivity contribution in [1.29, 1.82) is 0 Å². The minimum absolute atomic E-state index is 0.102. The molecule has 0 aliphatic rings. The quantitative estimate of drug-likeness (QED) is 0.763. The normalized spacial score (nSPS) is 10.3. The Labute approximate surface area is 140 Å². The van der Waals surface area contributed by atoms with Crippen molar-refractivity contribution < 1.29 is 9.53 Å². The zero-order chi connectivity index (χ0) is 15.6. The first kappa shape index (κ1) is 15.9. The van der Waals surface area contributed by atoms with Gasteiger partial charge in [0.1, 0.15) is 5.75 Å². The first-order chi connectivity index (χ1) is 9.88. The molecule has 2 aromatic carbocycles. The van der Waals surface area contributed by atoms with Crippen LogP contribution in [0.15, 0.2) is 45.3 Å². The molecule has 2 rings (SSSR count). The minimum atomic E-state index is -0.102. The first-order valence-corrected chi connectivity index (χ1v) is 7.71. The molecule has 110 valence electrons. The minimum Gasteiger partial charge on any atom is -0.454 e. The Morgan fingerprint density at radius 1 is 1.10 bits per heavy atom. The predicted octanol–water partition coefficient (Wildman–Crippen LogP) is 4.29. The van der Waals surface area contributed by atoms with Crippen molar-refractivity contribution >= 4 is 43.5 Å². The fourth-order valence-corrected chi connectivity index (χ4v) is 2.82. The molecule has 6 heteroatoms. The van der Waals surface area contributed by atoms with Crippen LogP contribution in [-0.2, 0) is 0 Å². The van der Waals surface area contributed by atoms with E-state index in [1.54, 1.807) is 32.3 Å².